The number of halogens is 2. The molecule has 1 fully saturated rings. The Labute approximate surface area is 160 Å². The van der Waals surface area contributed by atoms with Crippen LogP contribution in [0.2, 0.25) is 0 Å². The van der Waals surface area contributed by atoms with E-state index in [9.17, 15) is 18.4 Å². The monoisotopic (exact) mass is 386 g/mol. The number of unbranched alkanes of at least 4 members (excludes halogenated alkanes) is 7. The van der Waals surface area contributed by atoms with E-state index < -0.39 is 23.5 Å². The Balaban J connectivity index is 2.24. The van der Waals surface area contributed by atoms with Crippen LogP contribution in [0.4, 0.5) is 8.78 Å². The molecule has 3 N–H and O–H groups in total. The number of allylic oxidation sites excluding steroid dienone is 2. The van der Waals surface area contributed by atoms with Crippen molar-refractivity contribution in [2.45, 2.75) is 83.2 Å². The fourth-order valence-corrected chi connectivity index (χ4v) is 2.64. The Bertz CT molecular complexity index is 489. The van der Waals surface area contributed by atoms with E-state index in [1.165, 1.54) is 12.2 Å². The molecule has 1 saturated carbocycles. The smallest absolute Gasteiger partial charge is 0.279 e. The molecule has 1 aliphatic carbocycles. The summed E-state index contributed by atoms with van der Waals surface area (Å²) >= 11 is 0. The molecular formula is C20H32F2N2O3. The zero-order valence-electron chi connectivity index (χ0n) is 16.1. The van der Waals surface area contributed by atoms with Gasteiger partial charge in [-0.2, -0.15) is 0 Å². The molecule has 5 nitrogen and oxygen atoms in total. The molecule has 0 heterocycles. The highest BCUT2D eigenvalue weighted by molar-refractivity contribution is 5.93. The number of aliphatic hydroxyl groups is 1. The van der Waals surface area contributed by atoms with Crippen molar-refractivity contribution in [2.75, 3.05) is 6.61 Å². The molecule has 0 aliphatic heterocycles. The van der Waals surface area contributed by atoms with E-state index >= 15 is 0 Å². The van der Waals surface area contributed by atoms with Crippen molar-refractivity contribution in [1.82, 2.24) is 10.6 Å². The van der Waals surface area contributed by atoms with Crippen molar-refractivity contribution in [2.24, 2.45) is 0 Å². The number of aliphatic hydroxyl groups excluding tert-OH is 1. The second-order valence-electron chi connectivity index (χ2n) is 6.92. The van der Waals surface area contributed by atoms with Gasteiger partial charge >= 0.3 is 0 Å². The van der Waals surface area contributed by atoms with Gasteiger partial charge in [0, 0.05) is 6.61 Å². The maximum absolute atomic E-state index is 13.7. The summed E-state index contributed by atoms with van der Waals surface area (Å²) in [7, 11) is 0. The average Bonchev–Trinajstić information content (AvgIpc) is 3.37. The lowest BCUT2D eigenvalue weighted by Crippen LogP contribution is -2.35. The third-order valence-corrected chi connectivity index (χ3v) is 4.42. The quantitative estimate of drug-likeness (QED) is 0.315. The summed E-state index contributed by atoms with van der Waals surface area (Å²) in [4.78, 5) is 23.4. The van der Waals surface area contributed by atoms with Crippen LogP contribution in [0.15, 0.2) is 23.8 Å². The van der Waals surface area contributed by atoms with Gasteiger partial charge in [0.2, 0.25) is 0 Å². The fraction of sp³-hybridized carbons (Fsp3) is 0.700. The van der Waals surface area contributed by atoms with Crippen molar-refractivity contribution in [1.29, 1.82) is 0 Å². The summed E-state index contributed by atoms with van der Waals surface area (Å²) in [5, 5.41) is 13.6. The van der Waals surface area contributed by atoms with Gasteiger partial charge < -0.3 is 15.7 Å². The normalized spacial score (nSPS) is 19.7. The van der Waals surface area contributed by atoms with Gasteiger partial charge in [-0.15, -0.1) is 0 Å². The van der Waals surface area contributed by atoms with Crippen LogP contribution in [-0.2, 0) is 9.59 Å². The van der Waals surface area contributed by atoms with Crippen LogP contribution in [-0.4, -0.2) is 35.6 Å². The number of nitrogens with one attached hydrogen (secondary N) is 2. The van der Waals surface area contributed by atoms with Crippen LogP contribution in [0.1, 0.15) is 71.1 Å². The lowest BCUT2D eigenvalue weighted by molar-refractivity contribution is -0.120. The van der Waals surface area contributed by atoms with E-state index in [2.05, 4.69) is 17.6 Å². The van der Waals surface area contributed by atoms with Gasteiger partial charge in [-0.3, -0.25) is 9.59 Å². The Kier molecular flexibility index (Phi) is 11.6. The first-order valence-corrected chi connectivity index (χ1v) is 9.93. The van der Waals surface area contributed by atoms with E-state index in [0.717, 1.165) is 32.1 Å². The predicted octanol–water partition coefficient (Wildman–Crippen LogP) is 3.59. The van der Waals surface area contributed by atoms with Crippen LogP contribution < -0.4 is 10.6 Å². The number of carbonyl (C=O) groups excluding carboxylic acids is 2. The first-order valence-electron chi connectivity index (χ1n) is 9.93. The third-order valence-electron chi connectivity index (χ3n) is 4.42. The molecular weight excluding hydrogens is 354 g/mol. The number of hydrogen-bond acceptors (Lipinski definition) is 3. The van der Waals surface area contributed by atoms with Gasteiger partial charge in [0.1, 0.15) is 0 Å². The van der Waals surface area contributed by atoms with Crippen molar-refractivity contribution in [3.05, 3.63) is 23.8 Å². The molecule has 0 aromatic carbocycles. The van der Waals surface area contributed by atoms with E-state index in [-0.39, 0.29) is 18.7 Å². The zero-order valence-corrected chi connectivity index (χ0v) is 16.1. The molecule has 7 heteroatoms. The lowest BCUT2D eigenvalue weighted by Gasteiger charge is -2.05. The van der Waals surface area contributed by atoms with Gasteiger partial charge in [-0.25, -0.2) is 8.78 Å². The molecule has 0 unspecified atom stereocenters. The number of carbonyl (C=O) groups is 2. The molecule has 0 aromatic heterocycles. The minimum atomic E-state index is -0.853. The standard InChI is InChI=1S/C20H32F2N2O3/c1-2-3-4-5-8-11-15(21)19(26)23-17-14-18(17)24-20(27)16(22)12-9-6-7-10-13-25/h11-12,17-18,25H,2-10,13-14H2,1H3,(H,23,26)(H,24,27)/b15-11-,16-12-/t17-,18+/m1/s1. The van der Waals surface area contributed by atoms with Gasteiger partial charge in [-0.05, 0) is 50.7 Å². The Morgan fingerprint density at radius 2 is 1.37 bits per heavy atom. The van der Waals surface area contributed by atoms with E-state index in [1.54, 1.807) is 0 Å². The van der Waals surface area contributed by atoms with Gasteiger partial charge in [-0.1, -0.05) is 32.6 Å². The number of rotatable bonds is 14. The third kappa shape index (κ3) is 10.2. The molecule has 2 amide bonds. The largest absolute Gasteiger partial charge is 0.396 e. The summed E-state index contributed by atoms with van der Waals surface area (Å²) in [6, 6.07) is -0.731. The SMILES string of the molecule is CCCCCC/C=C(\F)C(=O)N[C@@H]1C[C@@H]1NC(=O)/C(F)=C/CCCCCO. The molecule has 0 aromatic rings. The fourth-order valence-electron chi connectivity index (χ4n) is 2.64. The molecule has 0 spiro atoms. The van der Waals surface area contributed by atoms with Crippen molar-refractivity contribution < 1.29 is 23.5 Å². The Morgan fingerprint density at radius 3 is 1.81 bits per heavy atom. The highest BCUT2D eigenvalue weighted by atomic mass is 19.1. The molecule has 1 rings (SSSR count). The molecule has 27 heavy (non-hydrogen) atoms. The summed E-state index contributed by atoms with van der Waals surface area (Å²) < 4.78 is 27.4. The molecule has 0 saturated heterocycles. The van der Waals surface area contributed by atoms with Crippen molar-refractivity contribution in [3.8, 4) is 0 Å². The minimum Gasteiger partial charge on any atom is -0.396 e. The molecule has 0 radical (unpaired) electrons. The van der Waals surface area contributed by atoms with E-state index in [1.807, 2.05) is 0 Å². The molecule has 2 atom stereocenters. The summed E-state index contributed by atoms with van der Waals surface area (Å²) in [6.07, 6.45) is 10.1. The first kappa shape index (κ1) is 23.3. The lowest BCUT2D eigenvalue weighted by atomic mass is 10.1. The first-order chi connectivity index (χ1) is 13.0. The maximum atomic E-state index is 13.7. The number of amides is 2. The van der Waals surface area contributed by atoms with Gasteiger partial charge in [0.05, 0.1) is 12.1 Å². The van der Waals surface area contributed by atoms with Crippen LogP contribution >= 0.6 is 0 Å². The summed E-state index contributed by atoms with van der Waals surface area (Å²) in [5.74, 6) is -3.26. The molecule has 154 valence electrons. The molecule has 0 bridgehead atoms. The minimum absolute atomic E-state index is 0.107. The summed E-state index contributed by atoms with van der Waals surface area (Å²) in [6.45, 7) is 2.20. The Morgan fingerprint density at radius 1 is 0.889 bits per heavy atom. The van der Waals surface area contributed by atoms with Crippen LogP contribution in [0.3, 0.4) is 0 Å². The summed E-state index contributed by atoms with van der Waals surface area (Å²) in [5.41, 5.74) is 0. The van der Waals surface area contributed by atoms with Gasteiger partial charge in [0.15, 0.2) is 11.7 Å². The van der Waals surface area contributed by atoms with Crippen LogP contribution in [0.25, 0.3) is 0 Å². The average molecular weight is 386 g/mol. The molecule has 1 aliphatic rings. The second-order valence-corrected chi connectivity index (χ2v) is 6.92. The highest BCUT2D eigenvalue weighted by Crippen LogP contribution is 2.22. The van der Waals surface area contributed by atoms with Crippen LogP contribution in [0.5, 0.6) is 0 Å². The van der Waals surface area contributed by atoms with Crippen LogP contribution in [0, 0.1) is 0 Å². The predicted molar refractivity (Wildman–Crippen MR) is 101 cm³/mol. The van der Waals surface area contributed by atoms with Gasteiger partial charge in [0.25, 0.3) is 11.8 Å². The zero-order chi connectivity index (χ0) is 20.1. The van der Waals surface area contributed by atoms with Crippen molar-refractivity contribution in [3.63, 3.8) is 0 Å². The topological polar surface area (TPSA) is 78.4 Å². The second kappa shape index (κ2) is 13.4. The number of hydrogen-bond donors (Lipinski definition) is 3. The van der Waals surface area contributed by atoms with E-state index in [0.29, 0.717) is 32.1 Å². The van der Waals surface area contributed by atoms with E-state index in [4.69, 9.17) is 5.11 Å². The Hall–Kier alpha value is -1.76. The highest BCUT2D eigenvalue weighted by Gasteiger charge is 2.40. The van der Waals surface area contributed by atoms with Crippen molar-refractivity contribution >= 4 is 11.8 Å². The maximum Gasteiger partial charge on any atom is 0.279 e.